The lowest BCUT2D eigenvalue weighted by Gasteiger charge is -2.14. The average Bonchev–Trinajstić information content (AvgIpc) is 2.86. The van der Waals surface area contributed by atoms with Gasteiger partial charge in [0.1, 0.15) is 12.4 Å². The monoisotopic (exact) mass is 276 g/mol. The van der Waals surface area contributed by atoms with E-state index in [1.165, 1.54) is 4.57 Å². The number of nitrogens with zero attached hydrogens (tertiary/aromatic N) is 2. The number of amides is 1. The first-order valence-corrected chi connectivity index (χ1v) is 6.75. The molecule has 0 fully saturated rings. The third-order valence-corrected chi connectivity index (χ3v) is 3.83. The molecule has 0 N–H and O–H groups in total. The van der Waals surface area contributed by atoms with Crippen LogP contribution in [0.3, 0.4) is 0 Å². The van der Waals surface area contributed by atoms with E-state index in [2.05, 4.69) is 0 Å². The molecule has 0 saturated heterocycles. The van der Waals surface area contributed by atoms with Crippen LogP contribution in [0.5, 0.6) is 0 Å². The molecule has 2 heterocycles. The molecule has 1 amide bonds. The van der Waals surface area contributed by atoms with E-state index in [4.69, 9.17) is 0 Å². The Hall–Kier alpha value is -2.88. The van der Waals surface area contributed by atoms with E-state index < -0.39 is 0 Å². The summed E-state index contributed by atoms with van der Waals surface area (Å²) >= 11 is 0. The highest BCUT2D eigenvalue weighted by Crippen LogP contribution is 2.24. The second-order valence-electron chi connectivity index (χ2n) is 5.06. The van der Waals surface area contributed by atoms with Crippen molar-refractivity contribution >= 4 is 22.4 Å². The molecular formula is C17H12N2O2. The topological polar surface area (TPSA) is 42.3 Å². The number of hydrogen-bond donors (Lipinski definition) is 0. The van der Waals surface area contributed by atoms with Gasteiger partial charge in [0.25, 0.3) is 11.5 Å². The van der Waals surface area contributed by atoms with Crippen LogP contribution in [0.25, 0.3) is 10.8 Å². The Kier molecular flexibility index (Phi) is 2.44. The number of hydrogen-bond acceptors (Lipinski definition) is 2. The lowest BCUT2D eigenvalue weighted by molar-refractivity contribution is 0.0996. The molecule has 0 atom stereocenters. The smallest absolute Gasteiger partial charge is 0.276 e. The molecule has 0 aliphatic carbocycles. The molecule has 4 rings (SSSR count). The zero-order chi connectivity index (χ0) is 14.4. The molecule has 21 heavy (non-hydrogen) atoms. The van der Waals surface area contributed by atoms with E-state index in [9.17, 15) is 9.59 Å². The Morgan fingerprint density at radius 3 is 2.38 bits per heavy atom. The van der Waals surface area contributed by atoms with Crippen molar-refractivity contribution in [2.75, 3.05) is 4.90 Å². The van der Waals surface area contributed by atoms with Crippen molar-refractivity contribution in [3.05, 3.63) is 76.7 Å². The fourth-order valence-electron chi connectivity index (χ4n) is 2.77. The molecule has 0 spiro atoms. The van der Waals surface area contributed by atoms with Crippen LogP contribution in [0.15, 0.2) is 65.5 Å². The molecule has 102 valence electrons. The largest absolute Gasteiger partial charge is 0.288 e. The Morgan fingerprint density at radius 1 is 0.857 bits per heavy atom. The quantitative estimate of drug-likeness (QED) is 0.685. The maximum atomic E-state index is 12.6. The molecule has 0 bridgehead atoms. The molecule has 4 nitrogen and oxygen atoms in total. The zero-order valence-electron chi connectivity index (χ0n) is 11.2. The number of pyridine rings is 1. The predicted octanol–water partition coefficient (Wildman–Crippen LogP) is 2.62. The number of rotatable bonds is 1. The van der Waals surface area contributed by atoms with Gasteiger partial charge in [-0.15, -0.1) is 0 Å². The van der Waals surface area contributed by atoms with Gasteiger partial charge in [-0.25, -0.2) is 0 Å². The Labute approximate surface area is 120 Å². The minimum absolute atomic E-state index is 0.116. The van der Waals surface area contributed by atoms with Gasteiger partial charge >= 0.3 is 0 Å². The van der Waals surface area contributed by atoms with Gasteiger partial charge in [0.05, 0.1) is 0 Å². The van der Waals surface area contributed by atoms with Crippen molar-refractivity contribution in [3.63, 3.8) is 0 Å². The van der Waals surface area contributed by atoms with Crippen molar-refractivity contribution in [2.45, 2.75) is 6.67 Å². The summed E-state index contributed by atoms with van der Waals surface area (Å²) in [5.74, 6) is -0.135. The maximum absolute atomic E-state index is 12.6. The number of aromatic nitrogens is 1. The molecule has 1 aromatic heterocycles. The first-order chi connectivity index (χ1) is 10.3. The summed E-state index contributed by atoms with van der Waals surface area (Å²) in [5.41, 5.74) is 1.13. The fourth-order valence-corrected chi connectivity index (χ4v) is 2.77. The van der Waals surface area contributed by atoms with Crippen LogP contribution in [0.4, 0.5) is 5.69 Å². The average molecular weight is 276 g/mol. The van der Waals surface area contributed by atoms with Crippen LogP contribution in [0, 0.1) is 0 Å². The van der Waals surface area contributed by atoms with Crippen molar-refractivity contribution in [3.8, 4) is 0 Å². The molecule has 1 aliphatic rings. The molecule has 0 saturated carbocycles. The summed E-state index contributed by atoms with van der Waals surface area (Å²) in [4.78, 5) is 26.7. The van der Waals surface area contributed by atoms with Gasteiger partial charge in [-0.3, -0.25) is 19.1 Å². The summed E-state index contributed by atoms with van der Waals surface area (Å²) in [6.07, 6.45) is 0. The van der Waals surface area contributed by atoms with Gasteiger partial charge in [0, 0.05) is 11.1 Å². The van der Waals surface area contributed by atoms with Crippen LogP contribution >= 0.6 is 0 Å². The normalized spacial score (nSPS) is 13.7. The number of carbonyl (C=O) groups excluding carboxylic acids is 1. The highest BCUT2D eigenvalue weighted by atomic mass is 16.2. The summed E-state index contributed by atoms with van der Waals surface area (Å²) in [5, 5.41) is 1.45. The number of carbonyl (C=O) groups is 1. The van der Waals surface area contributed by atoms with Gasteiger partial charge in [-0.05, 0) is 29.7 Å². The lowest BCUT2D eigenvalue weighted by Crippen LogP contribution is -2.25. The van der Waals surface area contributed by atoms with Crippen LogP contribution in [0.1, 0.15) is 10.5 Å². The van der Waals surface area contributed by atoms with Gasteiger partial charge in [-0.2, -0.15) is 0 Å². The number of benzene rings is 2. The highest BCUT2D eigenvalue weighted by molar-refractivity contribution is 6.08. The number of para-hydroxylation sites is 1. The van der Waals surface area contributed by atoms with E-state index in [0.29, 0.717) is 11.1 Å². The van der Waals surface area contributed by atoms with Crippen molar-refractivity contribution < 1.29 is 4.79 Å². The molecule has 3 aromatic rings. The third-order valence-electron chi connectivity index (χ3n) is 3.83. The van der Waals surface area contributed by atoms with E-state index in [1.54, 1.807) is 17.0 Å². The van der Waals surface area contributed by atoms with Gasteiger partial charge in [0.15, 0.2) is 0 Å². The van der Waals surface area contributed by atoms with Gasteiger partial charge in [0.2, 0.25) is 0 Å². The molecule has 0 radical (unpaired) electrons. The van der Waals surface area contributed by atoms with Gasteiger partial charge < -0.3 is 0 Å². The second kappa shape index (κ2) is 4.31. The standard InChI is InChI=1S/C17H12N2O2/c20-16-14-9-5-4-6-12(14)10-15-17(21)18(11-19(15)16)13-7-2-1-3-8-13/h1-10H,11H2. The fraction of sp³-hybridized carbons (Fsp3) is 0.0588. The Morgan fingerprint density at radius 2 is 1.57 bits per heavy atom. The van der Waals surface area contributed by atoms with Gasteiger partial charge in [-0.1, -0.05) is 36.4 Å². The third kappa shape index (κ3) is 1.69. The highest BCUT2D eigenvalue weighted by Gasteiger charge is 2.29. The van der Waals surface area contributed by atoms with E-state index in [0.717, 1.165) is 11.1 Å². The van der Waals surface area contributed by atoms with Crippen LogP contribution in [-0.2, 0) is 6.67 Å². The Balaban J connectivity index is 1.92. The second-order valence-corrected chi connectivity index (χ2v) is 5.06. The first kappa shape index (κ1) is 11.9. The first-order valence-electron chi connectivity index (χ1n) is 6.75. The van der Waals surface area contributed by atoms with Crippen LogP contribution in [-0.4, -0.2) is 10.5 Å². The SMILES string of the molecule is O=C1c2cc3ccccc3c(=O)n2CN1c1ccccc1. The van der Waals surface area contributed by atoms with Crippen molar-refractivity contribution in [1.82, 2.24) is 4.57 Å². The Bertz CT molecular complexity index is 913. The van der Waals surface area contributed by atoms with E-state index >= 15 is 0 Å². The maximum Gasteiger partial charge on any atom is 0.276 e. The van der Waals surface area contributed by atoms with E-state index in [1.807, 2.05) is 48.5 Å². The van der Waals surface area contributed by atoms with Crippen LogP contribution in [0.2, 0.25) is 0 Å². The van der Waals surface area contributed by atoms with Crippen molar-refractivity contribution in [2.24, 2.45) is 0 Å². The predicted molar refractivity (Wildman–Crippen MR) is 81.5 cm³/mol. The van der Waals surface area contributed by atoms with Crippen molar-refractivity contribution in [1.29, 1.82) is 0 Å². The molecular weight excluding hydrogens is 264 g/mol. The lowest BCUT2D eigenvalue weighted by atomic mass is 10.1. The summed E-state index contributed by atoms with van der Waals surface area (Å²) in [7, 11) is 0. The minimum atomic E-state index is -0.135. The summed E-state index contributed by atoms with van der Waals surface area (Å²) < 4.78 is 1.54. The van der Waals surface area contributed by atoms with E-state index in [-0.39, 0.29) is 18.1 Å². The number of fused-ring (bicyclic) bond motifs is 2. The summed E-state index contributed by atoms with van der Waals surface area (Å²) in [6.45, 7) is 0.266. The molecule has 1 aliphatic heterocycles. The molecule has 2 aromatic carbocycles. The number of anilines is 1. The van der Waals surface area contributed by atoms with Crippen LogP contribution < -0.4 is 10.5 Å². The zero-order valence-corrected chi connectivity index (χ0v) is 11.2. The molecule has 4 heteroatoms. The molecule has 0 unspecified atom stereocenters. The minimum Gasteiger partial charge on any atom is -0.288 e. The summed E-state index contributed by atoms with van der Waals surface area (Å²) in [6, 6.07) is 18.5.